The monoisotopic (exact) mass is 559 g/mol. The number of aromatic hydroxyl groups is 1. The van der Waals surface area contributed by atoms with E-state index in [9.17, 15) is 38.3 Å². The molecule has 12 heteroatoms. The summed E-state index contributed by atoms with van der Waals surface area (Å²) in [5, 5.41) is 35.1. The summed E-state index contributed by atoms with van der Waals surface area (Å²) in [6, 6.07) is 4.74. The Hall–Kier alpha value is -3.64. The van der Waals surface area contributed by atoms with Crippen LogP contribution in [0, 0.1) is 10.1 Å². The highest BCUT2D eigenvalue weighted by Crippen LogP contribution is 2.66. The number of hydrogen-bond acceptors (Lipinski definition) is 7. The third kappa shape index (κ3) is 3.51. The molecule has 2 aliphatic carbocycles. The van der Waals surface area contributed by atoms with Gasteiger partial charge in [-0.25, -0.2) is 0 Å². The molecule has 1 amide bonds. The molecule has 1 spiro atoms. The fourth-order valence-corrected chi connectivity index (χ4v) is 7.62. The summed E-state index contributed by atoms with van der Waals surface area (Å²) in [6.07, 6.45) is -1.51. The molecule has 2 fully saturated rings. The number of ether oxygens (including phenoxy) is 1. The number of nitro benzene ring substituents is 1. The number of halogens is 3. The zero-order chi connectivity index (χ0) is 28.8. The van der Waals surface area contributed by atoms with Gasteiger partial charge in [-0.2, -0.15) is 13.2 Å². The van der Waals surface area contributed by atoms with Crippen molar-refractivity contribution in [3.8, 4) is 11.5 Å². The Morgan fingerprint density at radius 3 is 2.75 bits per heavy atom. The Balaban J connectivity index is 1.38. The van der Waals surface area contributed by atoms with Crippen molar-refractivity contribution in [2.24, 2.45) is 0 Å². The van der Waals surface area contributed by atoms with Crippen LogP contribution in [-0.4, -0.2) is 75.3 Å². The predicted molar refractivity (Wildman–Crippen MR) is 137 cm³/mol. The third-order valence-corrected chi connectivity index (χ3v) is 9.48. The van der Waals surface area contributed by atoms with Gasteiger partial charge in [-0.15, -0.1) is 0 Å². The number of rotatable bonds is 4. The molecule has 40 heavy (non-hydrogen) atoms. The molecule has 4 aliphatic rings. The molecule has 2 aromatic rings. The van der Waals surface area contributed by atoms with Crippen molar-refractivity contribution in [2.45, 2.75) is 61.1 Å². The van der Waals surface area contributed by atoms with Crippen molar-refractivity contribution >= 4 is 17.7 Å². The summed E-state index contributed by atoms with van der Waals surface area (Å²) in [4.78, 5) is 28.2. The lowest BCUT2D eigenvalue weighted by Crippen LogP contribution is -2.77. The van der Waals surface area contributed by atoms with Gasteiger partial charge in [0, 0.05) is 30.3 Å². The number of phenols is 1. The minimum atomic E-state index is -4.51. The summed E-state index contributed by atoms with van der Waals surface area (Å²) in [5.74, 6) is -0.745. The predicted octanol–water partition coefficient (Wildman–Crippen LogP) is 3.64. The Labute approximate surface area is 227 Å². The van der Waals surface area contributed by atoms with Gasteiger partial charge < -0.3 is 24.7 Å². The fraction of sp³-hybridized carbons (Fsp3) is 0.464. The number of likely N-dealkylation sites (N-methyl/N-ethyl adjacent to an activating group) is 2. The number of phenolic OH excluding ortho intramolecular Hbond substituents is 1. The van der Waals surface area contributed by atoms with E-state index in [-0.39, 0.29) is 29.2 Å². The van der Waals surface area contributed by atoms with Crippen molar-refractivity contribution in [1.82, 2.24) is 9.80 Å². The molecular weight excluding hydrogens is 531 g/mol. The molecule has 9 nitrogen and oxygen atoms in total. The molecule has 5 atom stereocenters. The lowest BCUT2D eigenvalue weighted by atomic mass is 9.48. The normalized spacial score (nSPS) is 30.6. The van der Waals surface area contributed by atoms with Gasteiger partial charge in [0.1, 0.15) is 6.10 Å². The lowest BCUT2D eigenvalue weighted by molar-refractivity contribution is -0.386. The van der Waals surface area contributed by atoms with Crippen LogP contribution in [0.5, 0.6) is 11.5 Å². The quantitative estimate of drug-likeness (QED) is 0.334. The second-order valence-corrected chi connectivity index (χ2v) is 11.3. The average Bonchev–Trinajstić information content (AvgIpc) is 3.25. The van der Waals surface area contributed by atoms with Gasteiger partial charge in [0.25, 0.3) is 5.69 Å². The van der Waals surface area contributed by atoms with E-state index in [1.165, 1.54) is 29.2 Å². The van der Waals surface area contributed by atoms with Crippen LogP contribution in [0.3, 0.4) is 0 Å². The zero-order valence-electron chi connectivity index (χ0n) is 21.8. The van der Waals surface area contributed by atoms with Crippen molar-refractivity contribution in [3.05, 3.63) is 68.8 Å². The number of carbonyl (C=O) groups is 1. The average molecular weight is 560 g/mol. The molecule has 2 aromatic carbocycles. The largest absolute Gasteiger partial charge is 0.504 e. The zero-order valence-corrected chi connectivity index (χ0v) is 21.8. The van der Waals surface area contributed by atoms with E-state index in [0.29, 0.717) is 36.9 Å². The number of nitrogens with zero attached hydrogens (tertiary/aromatic N) is 3. The smallest absolute Gasteiger partial charge is 0.416 e. The first kappa shape index (κ1) is 26.6. The fourth-order valence-electron chi connectivity index (χ4n) is 7.62. The Morgan fingerprint density at radius 2 is 2.05 bits per heavy atom. The highest BCUT2D eigenvalue weighted by Gasteiger charge is 2.74. The van der Waals surface area contributed by atoms with Gasteiger partial charge in [-0.3, -0.25) is 14.9 Å². The number of aliphatic hydroxyl groups is 1. The summed E-state index contributed by atoms with van der Waals surface area (Å²) < 4.78 is 45.7. The molecule has 0 aromatic heterocycles. The van der Waals surface area contributed by atoms with Gasteiger partial charge in [-0.05, 0) is 63.0 Å². The Morgan fingerprint density at radius 1 is 1.30 bits per heavy atom. The number of benzene rings is 2. The SMILES string of the molecule is CN1CC[C@]23c4c5c([N+](=O)[O-])cc(O)c4O[C@H]2[C@H](N(C)C(=O)C=Cc2cccc(C(F)(F)F)c2)CC[C@@]3(O)[C@H]1C5. The summed E-state index contributed by atoms with van der Waals surface area (Å²) >= 11 is 0. The van der Waals surface area contributed by atoms with Crippen molar-refractivity contribution in [1.29, 1.82) is 0 Å². The topological polar surface area (TPSA) is 116 Å². The van der Waals surface area contributed by atoms with Crippen LogP contribution in [0.2, 0.25) is 0 Å². The van der Waals surface area contributed by atoms with E-state index in [1.54, 1.807) is 7.05 Å². The number of piperidine rings is 1. The first-order chi connectivity index (χ1) is 18.8. The Kier molecular flexibility index (Phi) is 5.77. The molecule has 1 saturated heterocycles. The minimum Gasteiger partial charge on any atom is -0.504 e. The maximum Gasteiger partial charge on any atom is 0.416 e. The number of likely N-dealkylation sites (tertiary alicyclic amines) is 1. The highest BCUT2D eigenvalue weighted by molar-refractivity contribution is 5.92. The third-order valence-electron chi connectivity index (χ3n) is 9.48. The van der Waals surface area contributed by atoms with Gasteiger partial charge in [0.2, 0.25) is 5.91 Å². The van der Waals surface area contributed by atoms with Crippen LogP contribution in [0.4, 0.5) is 18.9 Å². The molecule has 0 unspecified atom stereocenters. The lowest BCUT2D eigenvalue weighted by Gasteiger charge is -2.64. The first-order valence-electron chi connectivity index (χ1n) is 13.0. The molecule has 2 aliphatic heterocycles. The molecule has 0 radical (unpaired) electrons. The molecular formula is C28H28F3N3O6. The Bertz CT molecular complexity index is 1460. The standard InChI is InChI=1S/C28H28F3N3O6/c1-32-11-10-26-23-17-13-21(32)27(26,37)9-8-18(25(26)40-24(23)20(35)14-19(17)34(38)39)33(2)22(36)7-6-15-4-3-5-16(12-15)28(29,30)31/h3-7,12,14,18,21,25,35,37H,8-11,13H2,1-2H3/t18-,21-,25+,26+,27-/m1/s1. The molecule has 1 saturated carbocycles. The van der Waals surface area contributed by atoms with E-state index in [2.05, 4.69) is 0 Å². The molecule has 212 valence electrons. The van der Waals surface area contributed by atoms with Gasteiger partial charge in [-0.1, -0.05) is 12.1 Å². The highest BCUT2D eigenvalue weighted by atomic mass is 19.4. The summed E-state index contributed by atoms with van der Waals surface area (Å²) in [7, 11) is 3.44. The second kappa shape index (κ2) is 8.68. The van der Waals surface area contributed by atoms with Crippen LogP contribution in [0.25, 0.3) is 6.08 Å². The van der Waals surface area contributed by atoms with Crippen LogP contribution in [0.15, 0.2) is 36.4 Å². The van der Waals surface area contributed by atoms with Gasteiger partial charge >= 0.3 is 6.18 Å². The molecule has 2 bridgehead atoms. The number of carbonyl (C=O) groups excluding carboxylic acids is 1. The van der Waals surface area contributed by atoms with Crippen molar-refractivity contribution in [2.75, 3.05) is 20.6 Å². The summed E-state index contributed by atoms with van der Waals surface area (Å²) in [5.41, 5.74) is -2.33. The van der Waals surface area contributed by atoms with Crippen LogP contribution in [0.1, 0.15) is 41.5 Å². The van der Waals surface area contributed by atoms with E-state index in [1.807, 2.05) is 11.9 Å². The van der Waals surface area contributed by atoms with E-state index in [4.69, 9.17) is 4.74 Å². The first-order valence-corrected chi connectivity index (χ1v) is 13.0. The second-order valence-electron chi connectivity index (χ2n) is 11.3. The van der Waals surface area contributed by atoms with Gasteiger partial charge in [0.05, 0.1) is 33.6 Å². The van der Waals surface area contributed by atoms with Crippen LogP contribution in [-0.2, 0) is 22.8 Å². The van der Waals surface area contributed by atoms with Crippen LogP contribution < -0.4 is 4.74 Å². The number of hydrogen-bond donors (Lipinski definition) is 2. The van der Waals surface area contributed by atoms with Gasteiger partial charge in [0.15, 0.2) is 11.5 Å². The number of amides is 1. The van der Waals surface area contributed by atoms with E-state index in [0.717, 1.165) is 18.2 Å². The number of alkyl halides is 3. The van der Waals surface area contributed by atoms with E-state index >= 15 is 0 Å². The number of nitro groups is 1. The minimum absolute atomic E-state index is 0.110. The maximum absolute atomic E-state index is 13.3. The maximum atomic E-state index is 13.3. The molecule has 2 heterocycles. The van der Waals surface area contributed by atoms with E-state index < -0.39 is 51.8 Å². The van der Waals surface area contributed by atoms with Crippen molar-refractivity contribution < 1.29 is 37.8 Å². The van der Waals surface area contributed by atoms with Crippen LogP contribution >= 0.6 is 0 Å². The molecule has 6 rings (SSSR count). The van der Waals surface area contributed by atoms with Crippen molar-refractivity contribution in [3.63, 3.8) is 0 Å². The summed E-state index contributed by atoms with van der Waals surface area (Å²) in [6.45, 7) is 0.578. The molecule has 2 N–H and O–H groups in total.